The maximum atomic E-state index is 12.1. The highest BCUT2D eigenvalue weighted by molar-refractivity contribution is 6.30. The molecule has 0 aliphatic rings. The second-order valence-electron chi connectivity index (χ2n) is 4.65. The van der Waals surface area contributed by atoms with Gasteiger partial charge >= 0.3 is 0 Å². The van der Waals surface area contributed by atoms with E-state index in [-0.39, 0.29) is 11.9 Å². The van der Waals surface area contributed by atoms with Gasteiger partial charge in [-0.05, 0) is 42.3 Å². The van der Waals surface area contributed by atoms with E-state index in [0.29, 0.717) is 17.1 Å². The van der Waals surface area contributed by atoms with Crippen molar-refractivity contribution in [3.63, 3.8) is 0 Å². The van der Waals surface area contributed by atoms with E-state index < -0.39 is 0 Å². The smallest absolute Gasteiger partial charge is 0.251 e. The summed E-state index contributed by atoms with van der Waals surface area (Å²) < 4.78 is 0. The number of nitrogens with one attached hydrogen (secondary N) is 1. The Morgan fingerprint density at radius 2 is 1.75 bits per heavy atom. The van der Waals surface area contributed by atoms with E-state index in [1.807, 2.05) is 43.3 Å². The fourth-order valence-electron chi connectivity index (χ4n) is 1.91. The highest BCUT2D eigenvalue weighted by Gasteiger charge is 2.11. The van der Waals surface area contributed by atoms with E-state index in [9.17, 15) is 4.79 Å². The molecule has 0 radical (unpaired) electrons. The second kappa shape index (κ2) is 6.55. The molecule has 0 saturated carbocycles. The summed E-state index contributed by atoms with van der Waals surface area (Å²) in [7, 11) is 0. The van der Waals surface area contributed by atoms with Crippen LogP contribution >= 0.6 is 11.6 Å². The van der Waals surface area contributed by atoms with Crippen LogP contribution in [-0.4, -0.2) is 5.91 Å². The fraction of sp³-hybridized carbons (Fsp3) is 0.188. The van der Waals surface area contributed by atoms with Gasteiger partial charge in [0.05, 0.1) is 6.04 Å². The third-order valence-corrected chi connectivity index (χ3v) is 3.42. The molecule has 0 saturated heterocycles. The molecule has 0 aliphatic carbocycles. The lowest BCUT2D eigenvalue weighted by atomic mass is 10.1. The lowest BCUT2D eigenvalue weighted by molar-refractivity contribution is 0.0940. The van der Waals surface area contributed by atoms with E-state index in [2.05, 4.69) is 5.32 Å². The van der Waals surface area contributed by atoms with Crippen molar-refractivity contribution < 1.29 is 4.79 Å². The first-order valence-corrected chi connectivity index (χ1v) is 6.83. The van der Waals surface area contributed by atoms with E-state index in [1.165, 1.54) is 0 Å². The first-order valence-electron chi connectivity index (χ1n) is 6.45. The van der Waals surface area contributed by atoms with Gasteiger partial charge in [0, 0.05) is 17.1 Å². The first-order chi connectivity index (χ1) is 9.60. The summed E-state index contributed by atoms with van der Waals surface area (Å²) in [4.78, 5) is 12.1. The van der Waals surface area contributed by atoms with Gasteiger partial charge in [-0.15, -0.1) is 0 Å². The highest BCUT2D eigenvalue weighted by Crippen LogP contribution is 2.16. The van der Waals surface area contributed by atoms with Crippen LogP contribution < -0.4 is 11.1 Å². The largest absolute Gasteiger partial charge is 0.346 e. The van der Waals surface area contributed by atoms with Crippen molar-refractivity contribution in [3.05, 3.63) is 70.2 Å². The average Bonchev–Trinajstić information content (AvgIpc) is 2.48. The van der Waals surface area contributed by atoms with Crippen LogP contribution in [-0.2, 0) is 6.54 Å². The molecule has 2 aromatic carbocycles. The summed E-state index contributed by atoms with van der Waals surface area (Å²) in [6, 6.07) is 14.7. The molecule has 0 aliphatic heterocycles. The minimum atomic E-state index is -0.101. The number of halogens is 1. The van der Waals surface area contributed by atoms with E-state index in [1.54, 1.807) is 12.1 Å². The number of hydrogen-bond acceptors (Lipinski definition) is 2. The third-order valence-electron chi connectivity index (χ3n) is 3.17. The quantitative estimate of drug-likeness (QED) is 0.907. The summed E-state index contributed by atoms with van der Waals surface area (Å²) in [5.41, 5.74) is 8.18. The summed E-state index contributed by atoms with van der Waals surface area (Å²) in [6.45, 7) is 2.42. The van der Waals surface area contributed by atoms with Gasteiger partial charge in [-0.1, -0.05) is 35.9 Å². The van der Waals surface area contributed by atoms with Gasteiger partial charge < -0.3 is 11.1 Å². The van der Waals surface area contributed by atoms with Crippen molar-refractivity contribution in [1.82, 2.24) is 5.32 Å². The van der Waals surface area contributed by atoms with E-state index in [4.69, 9.17) is 17.3 Å². The van der Waals surface area contributed by atoms with Gasteiger partial charge in [0.25, 0.3) is 5.91 Å². The van der Waals surface area contributed by atoms with Crippen LogP contribution in [0.25, 0.3) is 0 Å². The fourth-order valence-corrected chi connectivity index (χ4v) is 2.03. The maximum absolute atomic E-state index is 12.1. The van der Waals surface area contributed by atoms with Crippen LogP contribution in [0, 0.1) is 0 Å². The number of carbonyl (C=O) groups is 1. The number of nitrogens with two attached hydrogens (primary N) is 1. The summed E-state index contributed by atoms with van der Waals surface area (Å²) in [5.74, 6) is -0.101. The molecule has 1 atom stereocenters. The zero-order valence-corrected chi connectivity index (χ0v) is 12.0. The van der Waals surface area contributed by atoms with Gasteiger partial charge in [0.2, 0.25) is 0 Å². The van der Waals surface area contributed by atoms with Gasteiger partial charge in [-0.3, -0.25) is 4.79 Å². The molecule has 1 amide bonds. The molecule has 20 heavy (non-hydrogen) atoms. The van der Waals surface area contributed by atoms with Crippen molar-refractivity contribution in [2.45, 2.75) is 19.5 Å². The Kier molecular flexibility index (Phi) is 4.77. The van der Waals surface area contributed by atoms with E-state index in [0.717, 1.165) is 11.1 Å². The maximum Gasteiger partial charge on any atom is 0.251 e. The monoisotopic (exact) mass is 288 g/mol. The second-order valence-corrected chi connectivity index (χ2v) is 5.08. The summed E-state index contributed by atoms with van der Waals surface area (Å²) in [5, 5.41) is 3.64. The first kappa shape index (κ1) is 14.6. The summed E-state index contributed by atoms with van der Waals surface area (Å²) in [6.07, 6.45) is 0. The Hall–Kier alpha value is -1.84. The SMILES string of the molecule is C[C@@H](NC(=O)c1ccc(CN)cc1)c1ccc(Cl)cc1. The molecule has 104 valence electrons. The van der Waals surface area contributed by atoms with Crippen LogP contribution in [0.4, 0.5) is 0 Å². The third kappa shape index (κ3) is 3.59. The molecule has 3 N–H and O–H groups in total. The summed E-state index contributed by atoms with van der Waals surface area (Å²) >= 11 is 5.85. The molecule has 2 aromatic rings. The Labute approximate surface area is 123 Å². The number of carbonyl (C=O) groups excluding carboxylic acids is 1. The predicted octanol–water partition coefficient (Wildman–Crippen LogP) is 3.29. The Bertz CT molecular complexity index is 578. The minimum Gasteiger partial charge on any atom is -0.346 e. The van der Waals surface area contributed by atoms with Crippen molar-refractivity contribution in [2.24, 2.45) is 5.73 Å². The molecule has 4 heteroatoms. The highest BCUT2D eigenvalue weighted by atomic mass is 35.5. The Balaban J connectivity index is 2.04. The lowest BCUT2D eigenvalue weighted by Gasteiger charge is -2.14. The standard InChI is InChI=1S/C16H17ClN2O/c1-11(13-6-8-15(17)9-7-13)19-16(20)14-4-2-12(10-18)3-5-14/h2-9,11H,10,18H2,1H3,(H,19,20)/t11-/m1/s1. The zero-order chi connectivity index (χ0) is 14.5. The molecule has 3 nitrogen and oxygen atoms in total. The van der Waals surface area contributed by atoms with Crippen LogP contribution in [0.15, 0.2) is 48.5 Å². The van der Waals surface area contributed by atoms with Crippen molar-refractivity contribution in [2.75, 3.05) is 0 Å². The molecular weight excluding hydrogens is 272 g/mol. The van der Waals surface area contributed by atoms with Gasteiger partial charge in [-0.25, -0.2) is 0 Å². The van der Waals surface area contributed by atoms with Crippen LogP contribution in [0.3, 0.4) is 0 Å². The normalized spacial score (nSPS) is 11.9. The minimum absolute atomic E-state index is 0.0750. The molecular formula is C16H17ClN2O. The van der Waals surface area contributed by atoms with Crippen LogP contribution in [0.2, 0.25) is 5.02 Å². The molecule has 0 fully saturated rings. The number of hydrogen-bond donors (Lipinski definition) is 2. The lowest BCUT2D eigenvalue weighted by Crippen LogP contribution is -2.26. The van der Waals surface area contributed by atoms with Crippen LogP contribution in [0.1, 0.15) is 34.5 Å². The Morgan fingerprint density at radius 1 is 1.15 bits per heavy atom. The molecule has 0 unspecified atom stereocenters. The molecule has 0 aromatic heterocycles. The van der Waals surface area contributed by atoms with Gasteiger partial charge in [0.15, 0.2) is 0 Å². The Morgan fingerprint density at radius 3 is 2.30 bits per heavy atom. The zero-order valence-electron chi connectivity index (χ0n) is 11.3. The van der Waals surface area contributed by atoms with E-state index >= 15 is 0 Å². The van der Waals surface area contributed by atoms with Crippen LogP contribution in [0.5, 0.6) is 0 Å². The number of amides is 1. The molecule has 0 bridgehead atoms. The number of rotatable bonds is 4. The predicted molar refractivity (Wildman–Crippen MR) is 81.7 cm³/mol. The topological polar surface area (TPSA) is 55.1 Å². The van der Waals surface area contributed by atoms with Crippen molar-refractivity contribution in [1.29, 1.82) is 0 Å². The average molecular weight is 289 g/mol. The van der Waals surface area contributed by atoms with Gasteiger partial charge in [0.1, 0.15) is 0 Å². The van der Waals surface area contributed by atoms with Gasteiger partial charge in [-0.2, -0.15) is 0 Å². The van der Waals surface area contributed by atoms with Crippen molar-refractivity contribution in [3.8, 4) is 0 Å². The number of benzene rings is 2. The van der Waals surface area contributed by atoms with Crippen molar-refractivity contribution >= 4 is 17.5 Å². The molecule has 0 heterocycles. The molecule has 0 spiro atoms. The molecule has 2 rings (SSSR count).